The number of carbonyl (C=O) groups is 1. The molecule has 0 aliphatic heterocycles. The van der Waals surface area contributed by atoms with Crippen molar-refractivity contribution in [2.45, 2.75) is 83.0 Å². The first-order valence-corrected chi connectivity index (χ1v) is 8.56. The molecule has 2 aliphatic carbocycles. The molecule has 0 aromatic carbocycles. The highest BCUT2D eigenvalue weighted by molar-refractivity contribution is 5.79. The van der Waals surface area contributed by atoms with E-state index < -0.39 is 23.7 Å². The van der Waals surface area contributed by atoms with Crippen molar-refractivity contribution in [1.82, 2.24) is 0 Å². The molecule has 0 radical (unpaired) electrons. The predicted molar refractivity (Wildman–Crippen MR) is 77.2 cm³/mol. The van der Waals surface area contributed by atoms with Gasteiger partial charge in [-0.05, 0) is 44.4 Å². The molecule has 0 N–H and O–H groups in total. The maximum atomic E-state index is 14.4. The van der Waals surface area contributed by atoms with Crippen molar-refractivity contribution in [1.29, 1.82) is 0 Å². The van der Waals surface area contributed by atoms with E-state index in [0.29, 0.717) is 18.8 Å². The lowest BCUT2D eigenvalue weighted by Crippen LogP contribution is -2.52. The zero-order valence-electron chi connectivity index (χ0n) is 13.2. The smallest absolute Gasteiger partial charge is 0.300 e. The van der Waals surface area contributed by atoms with Crippen LogP contribution in [0.15, 0.2) is 0 Å². The highest BCUT2D eigenvalue weighted by Gasteiger charge is 2.64. The van der Waals surface area contributed by atoms with Gasteiger partial charge in [0.05, 0.1) is 0 Å². The summed E-state index contributed by atoms with van der Waals surface area (Å²) in [4.78, 5) is 11.2. The quantitative estimate of drug-likeness (QED) is 0.600. The second-order valence-electron chi connectivity index (χ2n) is 7.07. The number of ketones is 1. The van der Waals surface area contributed by atoms with Crippen LogP contribution in [0.4, 0.5) is 17.6 Å². The number of alkyl halides is 4. The van der Waals surface area contributed by atoms with Crippen LogP contribution in [0.2, 0.25) is 0 Å². The Bertz CT molecular complexity index is 376. The first-order valence-electron chi connectivity index (χ1n) is 8.56. The number of Topliss-reactive ketones (excluding diaryl/α,β-unsaturated/α-hetero) is 1. The van der Waals surface area contributed by atoms with E-state index in [2.05, 4.69) is 6.92 Å². The molecule has 0 saturated heterocycles. The Balaban J connectivity index is 2.00. The number of rotatable bonds is 5. The van der Waals surface area contributed by atoms with E-state index in [1.54, 1.807) is 0 Å². The molecule has 0 unspecified atom stereocenters. The van der Waals surface area contributed by atoms with E-state index >= 15 is 0 Å². The minimum Gasteiger partial charge on any atom is -0.300 e. The Hall–Kier alpha value is -0.610. The van der Waals surface area contributed by atoms with E-state index in [0.717, 1.165) is 12.8 Å². The zero-order chi connectivity index (χ0) is 16.4. The molecule has 2 saturated carbocycles. The zero-order valence-corrected chi connectivity index (χ0v) is 13.2. The van der Waals surface area contributed by atoms with Gasteiger partial charge < -0.3 is 0 Å². The average Bonchev–Trinajstić information content (AvgIpc) is 2.48. The van der Waals surface area contributed by atoms with Crippen molar-refractivity contribution in [3.63, 3.8) is 0 Å². The summed E-state index contributed by atoms with van der Waals surface area (Å²) in [5, 5.41) is 0. The van der Waals surface area contributed by atoms with E-state index in [-0.39, 0.29) is 44.3 Å². The fourth-order valence-corrected chi connectivity index (χ4v) is 4.07. The Labute approximate surface area is 129 Å². The van der Waals surface area contributed by atoms with E-state index in [1.807, 2.05) is 0 Å². The molecule has 2 rings (SSSR count). The van der Waals surface area contributed by atoms with Crippen LogP contribution in [0, 0.1) is 17.8 Å². The first kappa shape index (κ1) is 17.7. The molecule has 0 aromatic rings. The number of hydrogen-bond donors (Lipinski definition) is 0. The number of carbonyl (C=O) groups excluding carboxylic acids is 1. The number of hydrogen-bond acceptors (Lipinski definition) is 1. The van der Waals surface area contributed by atoms with Crippen LogP contribution in [0.1, 0.15) is 71.1 Å². The molecule has 128 valence electrons. The molecule has 0 bridgehead atoms. The third-order valence-electron chi connectivity index (χ3n) is 5.56. The standard InChI is InChI=1S/C17H26F4O/c1-2-3-12-4-6-13(7-5-12)16(18,19)17(20,21)14-8-10-15(22)11-9-14/h12-14H,2-11H2,1H3. The minimum atomic E-state index is -3.99. The summed E-state index contributed by atoms with van der Waals surface area (Å²) in [6, 6.07) is 0. The van der Waals surface area contributed by atoms with Crippen LogP contribution < -0.4 is 0 Å². The lowest BCUT2D eigenvalue weighted by Gasteiger charge is -2.41. The molecule has 22 heavy (non-hydrogen) atoms. The normalized spacial score (nSPS) is 28.9. The Kier molecular flexibility index (Phi) is 5.54. The van der Waals surface area contributed by atoms with E-state index in [4.69, 9.17) is 0 Å². The summed E-state index contributed by atoms with van der Waals surface area (Å²) in [5.74, 6) is -10.2. The van der Waals surface area contributed by atoms with Crippen molar-refractivity contribution in [3.8, 4) is 0 Å². The summed E-state index contributed by atoms with van der Waals surface area (Å²) in [7, 11) is 0. The van der Waals surface area contributed by atoms with Gasteiger partial charge in [-0.2, -0.15) is 17.6 Å². The summed E-state index contributed by atoms with van der Waals surface area (Å²) >= 11 is 0. The maximum Gasteiger partial charge on any atom is 0.313 e. The fourth-order valence-electron chi connectivity index (χ4n) is 4.07. The third-order valence-corrected chi connectivity index (χ3v) is 5.56. The van der Waals surface area contributed by atoms with E-state index in [1.165, 1.54) is 0 Å². The summed E-state index contributed by atoms with van der Waals surface area (Å²) in [6.45, 7) is 2.05. The lowest BCUT2D eigenvalue weighted by atomic mass is 9.72. The van der Waals surface area contributed by atoms with Crippen LogP contribution >= 0.6 is 0 Å². The van der Waals surface area contributed by atoms with Gasteiger partial charge in [-0.25, -0.2) is 0 Å². The van der Waals surface area contributed by atoms with E-state index in [9.17, 15) is 22.4 Å². The van der Waals surface area contributed by atoms with Gasteiger partial charge in [0.15, 0.2) is 0 Å². The monoisotopic (exact) mass is 322 g/mol. The molecule has 0 aromatic heterocycles. The molecule has 0 spiro atoms. The minimum absolute atomic E-state index is 0.0135. The topological polar surface area (TPSA) is 17.1 Å². The molecular formula is C17H26F4O. The molecule has 5 heteroatoms. The number of halogens is 4. The van der Waals surface area contributed by atoms with Gasteiger partial charge in [0.1, 0.15) is 5.78 Å². The summed E-state index contributed by atoms with van der Waals surface area (Å²) in [5.41, 5.74) is 0. The molecule has 1 nitrogen and oxygen atoms in total. The van der Waals surface area contributed by atoms with Crippen molar-refractivity contribution in [3.05, 3.63) is 0 Å². The van der Waals surface area contributed by atoms with Crippen molar-refractivity contribution < 1.29 is 22.4 Å². The van der Waals surface area contributed by atoms with Gasteiger partial charge in [0.25, 0.3) is 0 Å². The van der Waals surface area contributed by atoms with Gasteiger partial charge in [-0.3, -0.25) is 4.79 Å². The highest BCUT2D eigenvalue weighted by atomic mass is 19.3. The lowest BCUT2D eigenvalue weighted by molar-refractivity contribution is -0.268. The second-order valence-corrected chi connectivity index (χ2v) is 7.07. The van der Waals surface area contributed by atoms with Crippen LogP contribution in [-0.2, 0) is 4.79 Å². The van der Waals surface area contributed by atoms with Crippen molar-refractivity contribution >= 4 is 5.78 Å². The largest absolute Gasteiger partial charge is 0.313 e. The van der Waals surface area contributed by atoms with Gasteiger partial charge in [-0.1, -0.05) is 19.8 Å². The van der Waals surface area contributed by atoms with Gasteiger partial charge in [0.2, 0.25) is 0 Å². The van der Waals surface area contributed by atoms with Gasteiger partial charge in [-0.15, -0.1) is 0 Å². The molecular weight excluding hydrogens is 296 g/mol. The predicted octanol–water partition coefficient (Wildman–Crippen LogP) is 5.62. The van der Waals surface area contributed by atoms with Crippen LogP contribution in [0.3, 0.4) is 0 Å². The molecule has 2 aliphatic rings. The van der Waals surface area contributed by atoms with Crippen molar-refractivity contribution in [2.75, 3.05) is 0 Å². The molecule has 0 heterocycles. The van der Waals surface area contributed by atoms with Crippen molar-refractivity contribution in [2.24, 2.45) is 17.8 Å². The first-order chi connectivity index (χ1) is 10.3. The fraction of sp³-hybridized carbons (Fsp3) is 0.941. The average molecular weight is 322 g/mol. The van der Waals surface area contributed by atoms with Crippen LogP contribution in [0.5, 0.6) is 0 Å². The molecule has 2 fully saturated rings. The molecule has 0 atom stereocenters. The van der Waals surface area contributed by atoms with Gasteiger partial charge in [0, 0.05) is 24.7 Å². The van der Waals surface area contributed by atoms with Crippen LogP contribution in [-0.4, -0.2) is 17.6 Å². The highest BCUT2D eigenvalue weighted by Crippen LogP contribution is 2.52. The summed E-state index contributed by atoms with van der Waals surface area (Å²) in [6.07, 6.45) is 3.48. The van der Waals surface area contributed by atoms with Gasteiger partial charge >= 0.3 is 11.8 Å². The Morgan fingerprint density at radius 1 is 0.864 bits per heavy atom. The van der Waals surface area contributed by atoms with Crippen LogP contribution in [0.25, 0.3) is 0 Å². The second kappa shape index (κ2) is 6.88. The molecule has 0 amide bonds. The third kappa shape index (κ3) is 3.48. The summed E-state index contributed by atoms with van der Waals surface area (Å²) < 4.78 is 57.7. The Morgan fingerprint density at radius 3 is 1.77 bits per heavy atom. The maximum absolute atomic E-state index is 14.4. The SMILES string of the molecule is CCCC1CCC(C(F)(F)C(F)(F)C2CCC(=O)CC2)CC1. The Morgan fingerprint density at radius 2 is 1.32 bits per heavy atom.